The zero-order chi connectivity index (χ0) is 17.0. The van der Waals surface area contributed by atoms with Gasteiger partial charge in [0.1, 0.15) is 0 Å². The standard InChI is InChI=1S/C17H18BrN3O2/c1-11-10-13(6-9-15(11)18)20-17(23)16(22)19-12-4-7-14(8-5-12)21(2)3/h4-10H,1-3H3,(H,19,22)(H,20,23). The molecule has 23 heavy (non-hydrogen) atoms. The van der Waals surface area contributed by atoms with Crippen molar-refractivity contribution in [1.29, 1.82) is 0 Å². The van der Waals surface area contributed by atoms with E-state index >= 15 is 0 Å². The average molecular weight is 376 g/mol. The zero-order valence-electron chi connectivity index (χ0n) is 13.2. The van der Waals surface area contributed by atoms with Crippen molar-refractivity contribution in [3.05, 3.63) is 52.5 Å². The Morgan fingerprint density at radius 2 is 1.43 bits per heavy atom. The van der Waals surface area contributed by atoms with Crippen LogP contribution in [0.2, 0.25) is 0 Å². The van der Waals surface area contributed by atoms with Gasteiger partial charge in [-0.15, -0.1) is 0 Å². The summed E-state index contributed by atoms with van der Waals surface area (Å²) in [5.41, 5.74) is 3.14. The molecule has 0 aromatic heterocycles. The molecule has 0 aliphatic carbocycles. The van der Waals surface area contributed by atoms with E-state index in [-0.39, 0.29) is 0 Å². The highest BCUT2D eigenvalue weighted by molar-refractivity contribution is 9.10. The number of halogens is 1. The summed E-state index contributed by atoms with van der Waals surface area (Å²) >= 11 is 3.39. The second-order valence-electron chi connectivity index (χ2n) is 5.31. The van der Waals surface area contributed by atoms with Gasteiger partial charge in [0, 0.05) is 35.6 Å². The van der Waals surface area contributed by atoms with Gasteiger partial charge in [0.2, 0.25) is 0 Å². The maximum Gasteiger partial charge on any atom is 0.314 e. The minimum Gasteiger partial charge on any atom is -0.378 e. The summed E-state index contributed by atoms with van der Waals surface area (Å²) in [6, 6.07) is 12.6. The first-order valence-corrected chi connectivity index (χ1v) is 7.82. The average Bonchev–Trinajstić information content (AvgIpc) is 2.51. The highest BCUT2D eigenvalue weighted by Gasteiger charge is 2.14. The summed E-state index contributed by atoms with van der Waals surface area (Å²) in [7, 11) is 3.86. The molecular weight excluding hydrogens is 358 g/mol. The van der Waals surface area contributed by atoms with Crippen molar-refractivity contribution < 1.29 is 9.59 Å². The van der Waals surface area contributed by atoms with Gasteiger partial charge in [-0.05, 0) is 55.0 Å². The second kappa shape index (κ2) is 7.28. The molecule has 0 radical (unpaired) electrons. The number of carbonyl (C=O) groups is 2. The monoisotopic (exact) mass is 375 g/mol. The van der Waals surface area contributed by atoms with Crippen molar-refractivity contribution in [3.8, 4) is 0 Å². The SMILES string of the molecule is Cc1cc(NC(=O)C(=O)Nc2ccc(N(C)C)cc2)ccc1Br. The Morgan fingerprint density at radius 3 is 1.96 bits per heavy atom. The number of rotatable bonds is 3. The third kappa shape index (κ3) is 4.56. The number of hydrogen-bond donors (Lipinski definition) is 2. The predicted molar refractivity (Wildman–Crippen MR) is 96.9 cm³/mol. The van der Waals surface area contributed by atoms with Crippen LogP contribution in [0.1, 0.15) is 5.56 Å². The quantitative estimate of drug-likeness (QED) is 0.808. The third-order valence-electron chi connectivity index (χ3n) is 3.26. The smallest absolute Gasteiger partial charge is 0.314 e. The number of nitrogens with one attached hydrogen (secondary N) is 2. The van der Waals surface area contributed by atoms with Gasteiger partial charge in [0.15, 0.2) is 0 Å². The van der Waals surface area contributed by atoms with E-state index in [4.69, 9.17) is 0 Å². The van der Waals surface area contributed by atoms with Crippen LogP contribution in [0.15, 0.2) is 46.9 Å². The fourth-order valence-electron chi connectivity index (χ4n) is 1.94. The summed E-state index contributed by atoms with van der Waals surface area (Å²) in [4.78, 5) is 25.8. The first-order valence-electron chi connectivity index (χ1n) is 7.02. The van der Waals surface area contributed by atoms with Gasteiger partial charge >= 0.3 is 11.8 Å². The van der Waals surface area contributed by atoms with E-state index in [0.717, 1.165) is 15.7 Å². The maximum absolute atomic E-state index is 11.9. The molecule has 2 N–H and O–H groups in total. The molecule has 5 nitrogen and oxygen atoms in total. The number of anilines is 3. The lowest BCUT2D eigenvalue weighted by atomic mass is 10.2. The molecule has 0 spiro atoms. The molecule has 0 bridgehead atoms. The van der Waals surface area contributed by atoms with Gasteiger partial charge in [-0.3, -0.25) is 9.59 Å². The Bertz CT molecular complexity index is 727. The molecule has 0 aliphatic heterocycles. The van der Waals surface area contributed by atoms with E-state index in [1.54, 1.807) is 24.3 Å². The summed E-state index contributed by atoms with van der Waals surface area (Å²) < 4.78 is 0.945. The summed E-state index contributed by atoms with van der Waals surface area (Å²) in [5, 5.41) is 5.15. The normalized spacial score (nSPS) is 10.1. The largest absolute Gasteiger partial charge is 0.378 e. The summed E-state index contributed by atoms with van der Waals surface area (Å²) in [5.74, 6) is -1.41. The molecule has 0 saturated heterocycles. The maximum atomic E-state index is 11.9. The number of amides is 2. The van der Waals surface area contributed by atoms with Gasteiger partial charge in [0.25, 0.3) is 0 Å². The van der Waals surface area contributed by atoms with Crippen LogP contribution in [0, 0.1) is 6.92 Å². The van der Waals surface area contributed by atoms with Gasteiger partial charge in [0.05, 0.1) is 0 Å². The topological polar surface area (TPSA) is 61.4 Å². The van der Waals surface area contributed by atoms with Gasteiger partial charge < -0.3 is 15.5 Å². The van der Waals surface area contributed by atoms with E-state index in [9.17, 15) is 9.59 Å². The molecule has 0 atom stereocenters. The molecule has 0 aliphatic rings. The van der Waals surface area contributed by atoms with Crippen LogP contribution in [-0.2, 0) is 9.59 Å². The zero-order valence-corrected chi connectivity index (χ0v) is 14.8. The molecule has 0 heterocycles. The van der Waals surface area contributed by atoms with E-state index in [1.807, 2.05) is 44.1 Å². The van der Waals surface area contributed by atoms with Crippen LogP contribution in [-0.4, -0.2) is 25.9 Å². The van der Waals surface area contributed by atoms with Crippen molar-refractivity contribution in [1.82, 2.24) is 0 Å². The lowest BCUT2D eigenvalue weighted by molar-refractivity contribution is -0.132. The van der Waals surface area contributed by atoms with Crippen LogP contribution < -0.4 is 15.5 Å². The van der Waals surface area contributed by atoms with E-state index in [2.05, 4.69) is 26.6 Å². The van der Waals surface area contributed by atoms with E-state index < -0.39 is 11.8 Å². The van der Waals surface area contributed by atoms with Gasteiger partial charge in [-0.2, -0.15) is 0 Å². The van der Waals surface area contributed by atoms with Crippen LogP contribution in [0.5, 0.6) is 0 Å². The summed E-state index contributed by atoms with van der Waals surface area (Å²) in [6.45, 7) is 1.91. The van der Waals surface area contributed by atoms with Crippen molar-refractivity contribution in [2.45, 2.75) is 6.92 Å². The number of hydrogen-bond acceptors (Lipinski definition) is 3. The molecule has 2 rings (SSSR count). The van der Waals surface area contributed by atoms with E-state index in [0.29, 0.717) is 11.4 Å². The number of benzene rings is 2. The van der Waals surface area contributed by atoms with E-state index in [1.165, 1.54) is 0 Å². The Balaban J connectivity index is 1.99. The Labute approximate surface area is 143 Å². The molecule has 0 unspecified atom stereocenters. The molecule has 120 valence electrons. The molecule has 2 amide bonds. The fraction of sp³-hybridized carbons (Fsp3) is 0.176. The number of carbonyl (C=O) groups excluding carboxylic acids is 2. The first-order chi connectivity index (χ1) is 10.9. The molecular formula is C17H18BrN3O2. The predicted octanol–water partition coefficient (Wildman–Crippen LogP) is 3.40. The van der Waals surface area contributed by atoms with Crippen LogP contribution >= 0.6 is 15.9 Å². The molecule has 2 aromatic rings. The number of nitrogens with zero attached hydrogens (tertiary/aromatic N) is 1. The Morgan fingerprint density at radius 1 is 0.913 bits per heavy atom. The minimum atomic E-state index is -0.705. The van der Waals surface area contributed by atoms with Crippen molar-refractivity contribution in [2.24, 2.45) is 0 Å². The highest BCUT2D eigenvalue weighted by Crippen LogP contribution is 2.20. The van der Waals surface area contributed by atoms with Crippen LogP contribution in [0.25, 0.3) is 0 Å². The second-order valence-corrected chi connectivity index (χ2v) is 6.17. The lowest BCUT2D eigenvalue weighted by Crippen LogP contribution is -2.29. The number of aryl methyl sites for hydroxylation is 1. The van der Waals surface area contributed by atoms with Crippen molar-refractivity contribution in [3.63, 3.8) is 0 Å². The van der Waals surface area contributed by atoms with Gasteiger partial charge in [-0.25, -0.2) is 0 Å². The summed E-state index contributed by atoms with van der Waals surface area (Å²) in [6.07, 6.45) is 0. The van der Waals surface area contributed by atoms with Crippen LogP contribution in [0.3, 0.4) is 0 Å². The van der Waals surface area contributed by atoms with Gasteiger partial charge in [-0.1, -0.05) is 15.9 Å². The fourth-order valence-corrected chi connectivity index (χ4v) is 2.19. The first kappa shape index (κ1) is 17.0. The Hall–Kier alpha value is -2.34. The minimum absolute atomic E-state index is 0.572. The van der Waals surface area contributed by atoms with Crippen LogP contribution in [0.4, 0.5) is 17.1 Å². The van der Waals surface area contributed by atoms with Crippen molar-refractivity contribution in [2.75, 3.05) is 29.6 Å². The Kier molecular flexibility index (Phi) is 5.39. The highest BCUT2D eigenvalue weighted by atomic mass is 79.9. The van der Waals surface area contributed by atoms with Crippen molar-refractivity contribution >= 4 is 44.8 Å². The molecule has 6 heteroatoms. The molecule has 2 aromatic carbocycles. The molecule has 0 fully saturated rings. The molecule has 0 saturated carbocycles. The third-order valence-corrected chi connectivity index (χ3v) is 4.15. The lowest BCUT2D eigenvalue weighted by Gasteiger charge is -2.13.